The molecule has 0 radical (unpaired) electrons. The van der Waals surface area contributed by atoms with E-state index in [0.717, 1.165) is 11.3 Å². The van der Waals surface area contributed by atoms with Gasteiger partial charge in [0.2, 0.25) is 5.91 Å². The summed E-state index contributed by atoms with van der Waals surface area (Å²) in [5.74, 6) is 0.760. The topological polar surface area (TPSA) is 84.7 Å². The molecule has 0 saturated carbocycles. The minimum atomic E-state index is -0.445. The number of anilines is 1. The summed E-state index contributed by atoms with van der Waals surface area (Å²) < 4.78 is 5.69. The Kier molecular flexibility index (Phi) is 6.96. The van der Waals surface area contributed by atoms with E-state index in [1.807, 2.05) is 31.2 Å². The van der Waals surface area contributed by atoms with Crippen LogP contribution in [0.3, 0.4) is 0 Å². The highest BCUT2D eigenvalue weighted by molar-refractivity contribution is 5.76. The molecule has 2 aromatic rings. The zero-order valence-corrected chi connectivity index (χ0v) is 15.0. The number of nitro benzene ring substituents is 1. The summed E-state index contributed by atoms with van der Waals surface area (Å²) in [5.41, 5.74) is 1.46. The third-order valence-electron chi connectivity index (χ3n) is 3.96. The molecule has 0 aliphatic rings. The normalized spacial score (nSPS) is 10.2. The van der Waals surface area contributed by atoms with Crippen molar-refractivity contribution in [1.82, 2.24) is 4.90 Å². The van der Waals surface area contributed by atoms with Gasteiger partial charge in [0.25, 0.3) is 5.69 Å². The second kappa shape index (κ2) is 9.41. The van der Waals surface area contributed by atoms with Gasteiger partial charge in [-0.1, -0.05) is 30.3 Å². The van der Waals surface area contributed by atoms with E-state index in [4.69, 9.17) is 4.74 Å². The van der Waals surface area contributed by atoms with E-state index in [9.17, 15) is 14.9 Å². The Morgan fingerprint density at radius 1 is 1.19 bits per heavy atom. The summed E-state index contributed by atoms with van der Waals surface area (Å²) in [4.78, 5) is 24.3. The molecule has 2 aromatic carbocycles. The maximum atomic E-state index is 12.2. The standard InChI is InChI=1S/C19H23N3O4/c1-15-7-3-6-10-18(15)26-14-13-21(2)19(23)11-12-20-16-8-4-5-9-17(16)22(24)25/h3-10,20H,11-14H2,1-2H3. The number of hydrogen-bond acceptors (Lipinski definition) is 5. The highest BCUT2D eigenvalue weighted by Gasteiger charge is 2.13. The third kappa shape index (κ3) is 5.47. The van der Waals surface area contributed by atoms with Crippen LogP contribution in [-0.2, 0) is 4.79 Å². The van der Waals surface area contributed by atoms with Crippen molar-refractivity contribution in [3.05, 3.63) is 64.2 Å². The van der Waals surface area contributed by atoms with Crippen molar-refractivity contribution >= 4 is 17.3 Å². The molecule has 0 saturated heterocycles. The van der Waals surface area contributed by atoms with Crippen LogP contribution in [0, 0.1) is 17.0 Å². The van der Waals surface area contributed by atoms with Crippen LogP contribution in [0.15, 0.2) is 48.5 Å². The molecule has 1 amide bonds. The first kappa shape index (κ1) is 19.2. The molecule has 2 rings (SSSR count). The number of benzene rings is 2. The fraction of sp³-hybridized carbons (Fsp3) is 0.316. The van der Waals surface area contributed by atoms with Gasteiger partial charge in [0.05, 0.1) is 11.5 Å². The smallest absolute Gasteiger partial charge is 0.292 e. The van der Waals surface area contributed by atoms with Crippen molar-refractivity contribution in [1.29, 1.82) is 0 Å². The predicted octanol–water partition coefficient (Wildman–Crippen LogP) is 3.24. The molecule has 1 N–H and O–H groups in total. The molecule has 138 valence electrons. The average Bonchev–Trinajstić information content (AvgIpc) is 2.63. The molecule has 0 aliphatic carbocycles. The van der Waals surface area contributed by atoms with E-state index >= 15 is 0 Å². The summed E-state index contributed by atoms with van der Waals surface area (Å²) >= 11 is 0. The van der Waals surface area contributed by atoms with Crippen molar-refractivity contribution in [2.24, 2.45) is 0 Å². The zero-order chi connectivity index (χ0) is 18.9. The molecule has 26 heavy (non-hydrogen) atoms. The van der Waals surface area contributed by atoms with Gasteiger partial charge in [0.15, 0.2) is 0 Å². The van der Waals surface area contributed by atoms with Gasteiger partial charge in [-0.05, 0) is 24.6 Å². The molecule has 0 aromatic heterocycles. The lowest BCUT2D eigenvalue weighted by atomic mass is 10.2. The van der Waals surface area contributed by atoms with Crippen LogP contribution in [0.1, 0.15) is 12.0 Å². The Hall–Kier alpha value is -3.09. The maximum absolute atomic E-state index is 12.2. The van der Waals surface area contributed by atoms with E-state index in [1.165, 1.54) is 6.07 Å². The minimum Gasteiger partial charge on any atom is -0.491 e. The molecule has 0 unspecified atom stereocenters. The van der Waals surface area contributed by atoms with Crippen LogP contribution in [0.4, 0.5) is 11.4 Å². The van der Waals surface area contributed by atoms with E-state index in [2.05, 4.69) is 5.32 Å². The van der Waals surface area contributed by atoms with Crippen molar-refractivity contribution in [2.45, 2.75) is 13.3 Å². The number of hydrogen-bond donors (Lipinski definition) is 1. The SMILES string of the molecule is Cc1ccccc1OCCN(C)C(=O)CCNc1ccccc1[N+](=O)[O-]. The van der Waals surface area contributed by atoms with Crippen LogP contribution < -0.4 is 10.1 Å². The van der Waals surface area contributed by atoms with E-state index in [-0.39, 0.29) is 18.0 Å². The van der Waals surface area contributed by atoms with Gasteiger partial charge in [-0.15, -0.1) is 0 Å². The van der Waals surface area contributed by atoms with Crippen LogP contribution in [0.5, 0.6) is 5.75 Å². The van der Waals surface area contributed by atoms with Crippen molar-refractivity contribution < 1.29 is 14.5 Å². The van der Waals surface area contributed by atoms with E-state index < -0.39 is 4.92 Å². The summed E-state index contributed by atoms with van der Waals surface area (Å²) in [6, 6.07) is 14.1. The number of para-hydroxylation sites is 3. The highest BCUT2D eigenvalue weighted by Crippen LogP contribution is 2.22. The molecule has 0 fully saturated rings. The molecule has 7 heteroatoms. The van der Waals surface area contributed by atoms with Crippen LogP contribution in [0.2, 0.25) is 0 Å². The molecule has 0 bridgehead atoms. The number of aryl methyl sites for hydroxylation is 1. The number of rotatable bonds is 9. The van der Waals surface area contributed by atoms with Gasteiger partial charge in [-0.3, -0.25) is 14.9 Å². The zero-order valence-electron chi connectivity index (χ0n) is 15.0. The van der Waals surface area contributed by atoms with Gasteiger partial charge in [-0.2, -0.15) is 0 Å². The molecule has 0 aliphatic heterocycles. The third-order valence-corrected chi connectivity index (χ3v) is 3.96. The average molecular weight is 357 g/mol. The number of likely N-dealkylation sites (N-methyl/N-ethyl adjacent to an activating group) is 1. The Morgan fingerprint density at radius 2 is 1.88 bits per heavy atom. The number of nitrogens with zero attached hydrogens (tertiary/aromatic N) is 2. The van der Waals surface area contributed by atoms with E-state index in [1.54, 1.807) is 30.1 Å². The molecule has 7 nitrogen and oxygen atoms in total. The Morgan fingerprint density at radius 3 is 2.62 bits per heavy atom. The number of nitrogens with one attached hydrogen (secondary N) is 1. The number of ether oxygens (including phenoxy) is 1. The quantitative estimate of drug-likeness (QED) is 0.550. The van der Waals surface area contributed by atoms with Crippen molar-refractivity contribution in [2.75, 3.05) is 32.1 Å². The van der Waals surface area contributed by atoms with Gasteiger partial charge in [-0.25, -0.2) is 0 Å². The number of amides is 1. The van der Waals surface area contributed by atoms with Crippen LogP contribution in [0.25, 0.3) is 0 Å². The fourth-order valence-corrected chi connectivity index (χ4v) is 2.41. The lowest BCUT2D eigenvalue weighted by molar-refractivity contribution is -0.384. The summed E-state index contributed by atoms with van der Waals surface area (Å²) in [6.45, 7) is 3.18. The first-order chi connectivity index (χ1) is 12.5. The summed E-state index contributed by atoms with van der Waals surface area (Å²) in [6.07, 6.45) is 0.243. The second-order valence-electron chi connectivity index (χ2n) is 5.88. The van der Waals surface area contributed by atoms with Gasteiger partial charge in [0, 0.05) is 26.1 Å². The van der Waals surface area contributed by atoms with Gasteiger partial charge < -0.3 is 15.0 Å². The molecular weight excluding hydrogens is 334 g/mol. The first-order valence-corrected chi connectivity index (χ1v) is 8.38. The Bertz CT molecular complexity index is 764. The Labute approximate surface area is 152 Å². The summed E-state index contributed by atoms with van der Waals surface area (Å²) in [5, 5.41) is 13.9. The van der Waals surface area contributed by atoms with Gasteiger partial charge >= 0.3 is 0 Å². The van der Waals surface area contributed by atoms with Crippen LogP contribution >= 0.6 is 0 Å². The molecule has 0 atom stereocenters. The second-order valence-corrected chi connectivity index (χ2v) is 5.88. The molecule has 0 spiro atoms. The monoisotopic (exact) mass is 357 g/mol. The summed E-state index contributed by atoms with van der Waals surface area (Å²) in [7, 11) is 1.72. The van der Waals surface area contributed by atoms with Crippen LogP contribution in [-0.4, -0.2) is 42.5 Å². The molecular formula is C19H23N3O4. The van der Waals surface area contributed by atoms with Gasteiger partial charge in [0.1, 0.15) is 18.0 Å². The number of nitro groups is 1. The lowest BCUT2D eigenvalue weighted by Crippen LogP contribution is -2.32. The van der Waals surface area contributed by atoms with Crippen molar-refractivity contribution in [3.8, 4) is 5.75 Å². The first-order valence-electron chi connectivity index (χ1n) is 8.38. The Balaban J connectivity index is 1.74. The largest absolute Gasteiger partial charge is 0.491 e. The van der Waals surface area contributed by atoms with Crippen molar-refractivity contribution in [3.63, 3.8) is 0 Å². The number of carbonyl (C=O) groups is 1. The number of carbonyl (C=O) groups excluding carboxylic acids is 1. The van der Waals surface area contributed by atoms with E-state index in [0.29, 0.717) is 25.4 Å². The highest BCUT2D eigenvalue weighted by atomic mass is 16.6. The maximum Gasteiger partial charge on any atom is 0.292 e. The lowest BCUT2D eigenvalue weighted by Gasteiger charge is -2.18. The molecule has 0 heterocycles. The fourth-order valence-electron chi connectivity index (χ4n) is 2.41. The minimum absolute atomic E-state index is 0.0000607. The predicted molar refractivity (Wildman–Crippen MR) is 101 cm³/mol.